The largest absolute Gasteiger partial charge is 0.469 e. The standard InChI is InChI=1S/C22H33N5O2.HI/c1-2-7-19(6-1)27-13-11-18(26-27)16-24-22(23-12-10-20-9-5-15-28-20)25-17-21-8-3-4-14-29-21;/h5,9,11,13,15,19,21H,1-4,6-8,10,12,14,16-17H2,(H2,23,24,25);1H. The third kappa shape index (κ3) is 7.01. The summed E-state index contributed by atoms with van der Waals surface area (Å²) in [5, 5.41) is 11.6. The van der Waals surface area contributed by atoms with Crippen molar-refractivity contribution in [2.24, 2.45) is 4.99 Å². The van der Waals surface area contributed by atoms with E-state index < -0.39 is 0 Å². The highest BCUT2D eigenvalue weighted by molar-refractivity contribution is 14.0. The van der Waals surface area contributed by atoms with Crippen LogP contribution in [0.3, 0.4) is 0 Å². The number of aliphatic imine (C=N–C) groups is 1. The Hall–Kier alpha value is -1.55. The van der Waals surface area contributed by atoms with Gasteiger partial charge in [-0.2, -0.15) is 5.10 Å². The first kappa shape index (κ1) is 23.1. The molecule has 1 saturated heterocycles. The van der Waals surface area contributed by atoms with Crippen molar-refractivity contribution in [3.05, 3.63) is 42.1 Å². The van der Waals surface area contributed by atoms with E-state index in [0.717, 1.165) is 50.0 Å². The minimum atomic E-state index is 0. The Balaban J connectivity index is 0.00000256. The minimum absolute atomic E-state index is 0. The normalized spacial score (nSPS) is 20.1. The van der Waals surface area contributed by atoms with E-state index in [-0.39, 0.29) is 30.1 Å². The summed E-state index contributed by atoms with van der Waals surface area (Å²) in [5.74, 6) is 1.78. The Kier molecular flexibility index (Phi) is 9.51. The molecule has 8 heteroatoms. The lowest BCUT2D eigenvalue weighted by atomic mass is 10.1. The predicted molar refractivity (Wildman–Crippen MR) is 128 cm³/mol. The fourth-order valence-corrected chi connectivity index (χ4v) is 4.11. The molecule has 0 spiro atoms. The monoisotopic (exact) mass is 527 g/mol. The molecule has 30 heavy (non-hydrogen) atoms. The molecular weight excluding hydrogens is 493 g/mol. The maximum absolute atomic E-state index is 5.84. The molecule has 1 unspecified atom stereocenters. The van der Waals surface area contributed by atoms with Gasteiger partial charge in [0.05, 0.1) is 30.6 Å². The van der Waals surface area contributed by atoms with E-state index in [1.807, 2.05) is 12.1 Å². The first-order valence-corrected chi connectivity index (χ1v) is 11.1. The second kappa shape index (κ2) is 12.3. The zero-order valence-electron chi connectivity index (χ0n) is 17.6. The summed E-state index contributed by atoms with van der Waals surface area (Å²) < 4.78 is 13.4. The van der Waals surface area contributed by atoms with Gasteiger partial charge in [-0.25, -0.2) is 4.99 Å². The van der Waals surface area contributed by atoms with Crippen molar-refractivity contribution in [3.8, 4) is 0 Å². The molecule has 0 aromatic carbocycles. The van der Waals surface area contributed by atoms with Crippen molar-refractivity contribution in [2.75, 3.05) is 19.7 Å². The maximum atomic E-state index is 5.84. The van der Waals surface area contributed by atoms with Crippen molar-refractivity contribution in [1.82, 2.24) is 20.4 Å². The molecule has 2 aromatic heterocycles. The van der Waals surface area contributed by atoms with Crippen LogP contribution in [0.5, 0.6) is 0 Å². The minimum Gasteiger partial charge on any atom is -0.469 e. The summed E-state index contributed by atoms with van der Waals surface area (Å²) in [6.07, 6.45) is 13.5. The average Bonchev–Trinajstić information content (AvgIpc) is 3.52. The number of nitrogens with one attached hydrogen (secondary N) is 2. The SMILES string of the molecule is I.c1coc(CCNC(=NCc2ccn(C3CCCC3)n2)NCC2CCCCO2)c1. The molecule has 2 aromatic rings. The van der Waals surface area contributed by atoms with E-state index in [1.54, 1.807) is 6.26 Å². The van der Waals surface area contributed by atoms with E-state index in [9.17, 15) is 0 Å². The lowest BCUT2D eigenvalue weighted by Crippen LogP contribution is -2.43. The Bertz CT molecular complexity index is 749. The van der Waals surface area contributed by atoms with Gasteiger partial charge in [0.15, 0.2) is 5.96 Å². The van der Waals surface area contributed by atoms with E-state index in [4.69, 9.17) is 19.2 Å². The number of rotatable bonds is 8. The van der Waals surface area contributed by atoms with Crippen LogP contribution in [0.4, 0.5) is 0 Å². The molecule has 0 amide bonds. The number of halogens is 1. The van der Waals surface area contributed by atoms with Gasteiger partial charge in [0, 0.05) is 32.3 Å². The fourth-order valence-electron chi connectivity index (χ4n) is 4.11. The molecule has 1 saturated carbocycles. The number of nitrogens with zero attached hydrogens (tertiary/aromatic N) is 3. The Labute approximate surface area is 196 Å². The number of ether oxygens (including phenoxy) is 1. The third-order valence-corrected chi connectivity index (χ3v) is 5.78. The number of hydrogen-bond acceptors (Lipinski definition) is 4. The number of hydrogen-bond donors (Lipinski definition) is 2. The van der Waals surface area contributed by atoms with Gasteiger partial charge in [-0.15, -0.1) is 24.0 Å². The van der Waals surface area contributed by atoms with Crippen LogP contribution in [0.2, 0.25) is 0 Å². The highest BCUT2D eigenvalue weighted by atomic mass is 127. The van der Waals surface area contributed by atoms with Gasteiger partial charge in [-0.05, 0) is 50.3 Å². The summed E-state index contributed by atoms with van der Waals surface area (Å²) in [7, 11) is 0. The van der Waals surface area contributed by atoms with Gasteiger partial charge in [0.1, 0.15) is 5.76 Å². The molecular formula is C22H34IN5O2. The number of furan rings is 1. The van der Waals surface area contributed by atoms with Crippen molar-refractivity contribution in [3.63, 3.8) is 0 Å². The van der Waals surface area contributed by atoms with E-state index in [2.05, 4.69) is 27.6 Å². The molecule has 7 nitrogen and oxygen atoms in total. The molecule has 166 valence electrons. The lowest BCUT2D eigenvalue weighted by molar-refractivity contribution is 0.0194. The summed E-state index contributed by atoms with van der Waals surface area (Å²) in [6, 6.07) is 6.58. The molecule has 1 aliphatic carbocycles. The zero-order valence-corrected chi connectivity index (χ0v) is 19.9. The van der Waals surface area contributed by atoms with Crippen molar-refractivity contribution in [1.29, 1.82) is 0 Å². The van der Waals surface area contributed by atoms with Crippen LogP contribution >= 0.6 is 24.0 Å². The summed E-state index contributed by atoms with van der Waals surface area (Å²) >= 11 is 0. The van der Waals surface area contributed by atoms with Crippen LogP contribution in [0.15, 0.2) is 40.1 Å². The molecule has 3 heterocycles. The van der Waals surface area contributed by atoms with Crippen LogP contribution in [-0.4, -0.2) is 41.5 Å². The van der Waals surface area contributed by atoms with Crippen LogP contribution in [-0.2, 0) is 17.7 Å². The highest BCUT2D eigenvalue weighted by Crippen LogP contribution is 2.28. The molecule has 1 atom stereocenters. The Morgan fingerprint density at radius 3 is 2.77 bits per heavy atom. The maximum Gasteiger partial charge on any atom is 0.191 e. The van der Waals surface area contributed by atoms with E-state index in [1.165, 1.54) is 38.5 Å². The fraction of sp³-hybridized carbons (Fsp3) is 0.636. The molecule has 2 N–H and O–H groups in total. The first-order chi connectivity index (χ1) is 14.4. The molecule has 1 aliphatic heterocycles. The first-order valence-electron chi connectivity index (χ1n) is 11.1. The van der Waals surface area contributed by atoms with Crippen LogP contribution in [0.25, 0.3) is 0 Å². The summed E-state index contributed by atoms with van der Waals surface area (Å²) in [6.45, 7) is 2.98. The Morgan fingerprint density at radius 2 is 2.00 bits per heavy atom. The average molecular weight is 527 g/mol. The van der Waals surface area contributed by atoms with Gasteiger partial charge < -0.3 is 19.8 Å². The van der Waals surface area contributed by atoms with Crippen LogP contribution in [0, 0.1) is 0 Å². The molecule has 2 fully saturated rings. The predicted octanol–water partition coefficient (Wildman–Crippen LogP) is 4.06. The second-order valence-corrected chi connectivity index (χ2v) is 8.02. The van der Waals surface area contributed by atoms with Crippen molar-refractivity contribution in [2.45, 2.75) is 70.1 Å². The smallest absolute Gasteiger partial charge is 0.191 e. The summed E-state index contributed by atoms with van der Waals surface area (Å²) in [5.41, 5.74) is 1.01. The molecule has 0 radical (unpaired) electrons. The number of aromatic nitrogens is 2. The quantitative estimate of drug-likeness (QED) is 0.308. The van der Waals surface area contributed by atoms with Gasteiger partial charge >= 0.3 is 0 Å². The molecule has 0 bridgehead atoms. The van der Waals surface area contributed by atoms with Gasteiger partial charge in [0.25, 0.3) is 0 Å². The molecule has 2 aliphatic rings. The number of guanidine groups is 1. The van der Waals surface area contributed by atoms with Crippen molar-refractivity contribution >= 4 is 29.9 Å². The van der Waals surface area contributed by atoms with Gasteiger partial charge in [0.2, 0.25) is 0 Å². The second-order valence-electron chi connectivity index (χ2n) is 8.02. The lowest BCUT2D eigenvalue weighted by Gasteiger charge is -2.23. The molecule has 4 rings (SSSR count). The summed E-state index contributed by atoms with van der Waals surface area (Å²) in [4.78, 5) is 4.77. The topological polar surface area (TPSA) is 76.6 Å². The van der Waals surface area contributed by atoms with Crippen molar-refractivity contribution < 1.29 is 9.15 Å². The van der Waals surface area contributed by atoms with Gasteiger partial charge in [-0.3, -0.25) is 4.68 Å². The zero-order chi connectivity index (χ0) is 19.7. The third-order valence-electron chi connectivity index (χ3n) is 5.78. The van der Waals surface area contributed by atoms with Gasteiger partial charge in [-0.1, -0.05) is 12.8 Å². The van der Waals surface area contributed by atoms with Crippen LogP contribution in [0.1, 0.15) is 62.4 Å². The Morgan fingerprint density at radius 1 is 1.13 bits per heavy atom. The highest BCUT2D eigenvalue weighted by Gasteiger charge is 2.17. The van der Waals surface area contributed by atoms with E-state index in [0.29, 0.717) is 12.6 Å². The van der Waals surface area contributed by atoms with E-state index >= 15 is 0 Å². The van der Waals surface area contributed by atoms with Crippen LogP contribution < -0.4 is 10.6 Å².